The van der Waals surface area contributed by atoms with Crippen molar-refractivity contribution in [1.29, 1.82) is 10.5 Å². The zero-order valence-corrected chi connectivity index (χ0v) is 10.6. The maximum atomic E-state index is 13.5. The van der Waals surface area contributed by atoms with Gasteiger partial charge in [0.1, 0.15) is 18.1 Å². The maximum absolute atomic E-state index is 13.5. The Labute approximate surface area is 110 Å². The molecule has 17 heavy (non-hydrogen) atoms. The summed E-state index contributed by atoms with van der Waals surface area (Å²) in [5.74, 6) is -1.55. The summed E-state index contributed by atoms with van der Waals surface area (Å²) < 4.78 is 13.8. The number of nitriles is 2. The first-order valence-corrected chi connectivity index (χ1v) is 5.42. The Hall–Kier alpha value is -1.63. The number of benzene rings is 1. The fraction of sp³-hybridized carbons (Fsp3) is 0.100. The van der Waals surface area contributed by atoms with E-state index in [9.17, 15) is 9.18 Å². The lowest BCUT2D eigenvalue weighted by Gasteiger charge is -2.09. The maximum Gasteiger partial charge on any atom is 0.238 e. The summed E-state index contributed by atoms with van der Waals surface area (Å²) in [7, 11) is 0. The average Bonchev–Trinajstić information content (AvgIpc) is 2.27. The summed E-state index contributed by atoms with van der Waals surface area (Å²) in [6.45, 7) is 0. The van der Waals surface area contributed by atoms with Crippen LogP contribution < -0.4 is 5.32 Å². The summed E-state index contributed by atoms with van der Waals surface area (Å²) in [6, 6.07) is 4.47. The number of rotatable bonds is 2. The van der Waals surface area contributed by atoms with E-state index in [1.807, 2.05) is 0 Å². The van der Waals surface area contributed by atoms with Gasteiger partial charge in [0, 0.05) is 4.47 Å². The van der Waals surface area contributed by atoms with Gasteiger partial charge in [-0.05, 0) is 22.0 Å². The SMILES string of the molecule is N#CCC(=O)Nc1c(Br)cc(Cl)c(F)c1C#N. The smallest absolute Gasteiger partial charge is 0.238 e. The highest BCUT2D eigenvalue weighted by Crippen LogP contribution is 2.33. The van der Waals surface area contributed by atoms with E-state index >= 15 is 0 Å². The second-order valence-electron chi connectivity index (χ2n) is 2.90. The summed E-state index contributed by atoms with van der Waals surface area (Å²) >= 11 is 8.60. The highest BCUT2D eigenvalue weighted by molar-refractivity contribution is 9.10. The molecule has 0 aromatic heterocycles. The highest BCUT2D eigenvalue weighted by atomic mass is 79.9. The van der Waals surface area contributed by atoms with Gasteiger partial charge in [-0.2, -0.15) is 10.5 Å². The molecule has 0 aliphatic carbocycles. The molecule has 0 saturated carbocycles. The molecule has 0 heterocycles. The van der Waals surface area contributed by atoms with Crippen molar-refractivity contribution in [1.82, 2.24) is 0 Å². The second-order valence-corrected chi connectivity index (χ2v) is 4.16. The van der Waals surface area contributed by atoms with Gasteiger partial charge < -0.3 is 5.32 Å². The molecule has 1 aromatic carbocycles. The number of hydrogen-bond acceptors (Lipinski definition) is 3. The third kappa shape index (κ3) is 2.94. The van der Waals surface area contributed by atoms with Crippen LogP contribution in [0.2, 0.25) is 5.02 Å². The molecule has 0 bridgehead atoms. The van der Waals surface area contributed by atoms with Crippen molar-refractivity contribution in [2.75, 3.05) is 5.32 Å². The van der Waals surface area contributed by atoms with E-state index < -0.39 is 11.7 Å². The number of nitrogens with one attached hydrogen (secondary N) is 1. The normalized spacial score (nSPS) is 9.24. The predicted octanol–water partition coefficient (Wildman–Crippen LogP) is 2.97. The summed E-state index contributed by atoms with van der Waals surface area (Å²) in [5.41, 5.74) is -0.412. The molecule has 0 atom stereocenters. The van der Waals surface area contributed by atoms with Crippen molar-refractivity contribution in [2.45, 2.75) is 6.42 Å². The van der Waals surface area contributed by atoms with Crippen LogP contribution in [-0.4, -0.2) is 5.91 Å². The molecule has 1 amide bonds. The Morgan fingerprint density at radius 1 is 1.59 bits per heavy atom. The molecule has 1 rings (SSSR count). The molecule has 1 N–H and O–H groups in total. The summed E-state index contributed by atoms with van der Waals surface area (Å²) in [4.78, 5) is 11.2. The monoisotopic (exact) mass is 315 g/mol. The zero-order valence-electron chi connectivity index (χ0n) is 8.22. The van der Waals surface area contributed by atoms with E-state index in [2.05, 4.69) is 21.2 Å². The van der Waals surface area contributed by atoms with Gasteiger partial charge in [0.15, 0.2) is 5.82 Å². The first kappa shape index (κ1) is 13.4. The molecular formula is C10H4BrClFN3O. The van der Waals surface area contributed by atoms with Gasteiger partial charge in [0.2, 0.25) is 5.91 Å². The van der Waals surface area contributed by atoms with E-state index in [0.717, 1.165) is 0 Å². The molecular weight excluding hydrogens is 312 g/mol. The molecule has 86 valence electrons. The van der Waals surface area contributed by atoms with Gasteiger partial charge in [-0.3, -0.25) is 4.79 Å². The van der Waals surface area contributed by atoms with Crippen molar-refractivity contribution in [3.05, 3.63) is 26.9 Å². The van der Waals surface area contributed by atoms with Crippen LogP contribution in [-0.2, 0) is 4.79 Å². The van der Waals surface area contributed by atoms with Crippen LogP contribution in [0.1, 0.15) is 12.0 Å². The molecule has 0 radical (unpaired) electrons. The predicted molar refractivity (Wildman–Crippen MR) is 62.7 cm³/mol. The second kappa shape index (κ2) is 5.62. The number of carbonyl (C=O) groups excluding carboxylic acids is 1. The van der Waals surface area contributed by atoms with Gasteiger partial charge in [-0.15, -0.1) is 0 Å². The van der Waals surface area contributed by atoms with Gasteiger partial charge in [0.25, 0.3) is 0 Å². The lowest BCUT2D eigenvalue weighted by Crippen LogP contribution is -2.12. The first-order chi connectivity index (χ1) is 8.01. The molecule has 7 heteroatoms. The molecule has 0 unspecified atom stereocenters. The zero-order chi connectivity index (χ0) is 13.0. The van der Waals surface area contributed by atoms with E-state index in [-0.39, 0.29) is 27.2 Å². The minimum atomic E-state index is -0.912. The van der Waals surface area contributed by atoms with Gasteiger partial charge in [-0.25, -0.2) is 4.39 Å². The lowest BCUT2D eigenvalue weighted by atomic mass is 10.1. The third-order valence-corrected chi connectivity index (χ3v) is 2.69. The Morgan fingerprint density at radius 3 is 2.76 bits per heavy atom. The van der Waals surface area contributed by atoms with Crippen LogP contribution >= 0.6 is 27.5 Å². The minimum Gasteiger partial charge on any atom is -0.323 e. The molecule has 0 aliphatic rings. The fourth-order valence-corrected chi connectivity index (χ4v) is 1.94. The van der Waals surface area contributed by atoms with Gasteiger partial charge >= 0.3 is 0 Å². The average molecular weight is 317 g/mol. The summed E-state index contributed by atoms with van der Waals surface area (Å²) in [5, 5.41) is 19.2. The van der Waals surface area contributed by atoms with E-state index in [1.165, 1.54) is 6.07 Å². The molecule has 0 saturated heterocycles. The number of hydrogen-bond donors (Lipinski definition) is 1. The third-order valence-electron chi connectivity index (χ3n) is 1.79. The van der Waals surface area contributed by atoms with E-state index in [4.69, 9.17) is 22.1 Å². The van der Waals surface area contributed by atoms with E-state index in [1.54, 1.807) is 12.1 Å². The Balaban J connectivity index is 3.25. The van der Waals surface area contributed by atoms with Crippen molar-refractivity contribution in [2.24, 2.45) is 0 Å². The van der Waals surface area contributed by atoms with Crippen LogP contribution in [0.5, 0.6) is 0 Å². The Morgan fingerprint density at radius 2 is 2.24 bits per heavy atom. The Bertz CT molecular complexity index is 562. The lowest BCUT2D eigenvalue weighted by molar-refractivity contribution is -0.115. The highest BCUT2D eigenvalue weighted by Gasteiger charge is 2.17. The number of nitrogens with zero attached hydrogens (tertiary/aromatic N) is 2. The number of anilines is 1. The summed E-state index contributed by atoms with van der Waals surface area (Å²) in [6.07, 6.45) is -0.387. The quantitative estimate of drug-likeness (QED) is 0.852. The van der Waals surface area contributed by atoms with Crippen LogP contribution in [0.25, 0.3) is 0 Å². The van der Waals surface area contributed by atoms with Crippen molar-refractivity contribution >= 4 is 39.1 Å². The molecule has 0 aliphatic heterocycles. The Kier molecular flexibility index (Phi) is 4.45. The number of halogens is 3. The van der Waals surface area contributed by atoms with E-state index in [0.29, 0.717) is 0 Å². The number of carbonyl (C=O) groups is 1. The number of amides is 1. The van der Waals surface area contributed by atoms with Crippen molar-refractivity contribution in [3.63, 3.8) is 0 Å². The molecule has 0 spiro atoms. The van der Waals surface area contributed by atoms with Gasteiger partial charge in [-0.1, -0.05) is 11.6 Å². The standard InChI is InChI=1S/C10H4BrClFN3O/c11-6-3-7(12)9(13)5(4-15)10(6)16-8(17)1-2-14/h3H,1H2,(H,16,17). The van der Waals surface area contributed by atoms with Gasteiger partial charge in [0.05, 0.1) is 16.8 Å². The van der Waals surface area contributed by atoms with Crippen LogP contribution in [0.4, 0.5) is 10.1 Å². The molecule has 1 aromatic rings. The molecule has 0 fully saturated rings. The topological polar surface area (TPSA) is 76.7 Å². The van der Waals surface area contributed by atoms with Crippen LogP contribution in [0.3, 0.4) is 0 Å². The van der Waals surface area contributed by atoms with Crippen LogP contribution in [0.15, 0.2) is 10.5 Å². The first-order valence-electron chi connectivity index (χ1n) is 4.25. The minimum absolute atomic E-state index is 0.0327. The van der Waals surface area contributed by atoms with Crippen molar-refractivity contribution < 1.29 is 9.18 Å². The van der Waals surface area contributed by atoms with Crippen LogP contribution in [0, 0.1) is 28.5 Å². The van der Waals surface area contributed by atoms with Crippen molar-refractivity contribution in [3.8, 4) is 12.1 Å². The fourth-order valence-electron chi connectivity index (χ4n) is 1.08. The molecule has 4 nitrogen and oxygen atoms in total. The largest absolute Gasteiger partial charge is 0.323 e.